The van der Waals surface area contributed by atoms with E-state index < -0.39 is 0 Å². The Labute approximate surface area is 165 Å². The molecule has 0 aliphatic rings. The lowest BCUT2D eigenvalue weighted by atomic mass is 10.3. The minimum Gasteiger partial charge on any atom is -0.324 e. The van der Waals surface area contributed by atoms with E-state index in [9.17, 15) is 4.79 Å². The van der Waals surface area contributed by atoms with Crippen molar-refractivity contribution in [3.8, 4) is 10.7 Å². The molecule has 1 amide bonds. The number of unbranched alkanes of at least 4 members (excludes halogenated alkanes) is 1. The van der Waals surface area contributed by atoms with Gasteiger partial charge in [0.2, 0.25) is 5.91 Å². The number of hydrogen-bond acceptors (Lipinski definition) is 5. The number of hydrogen-bond donors (Lipinski definition) is 1. The molecule has 1 aromatic carbocycles. The lowest BCUT2D eigenvalue weighted by Crippen LogP contribution is -2.15. The van der Waals surface area contributed by atoms with Crippen LogP contribution in [0.25, 0.3) is 10.7 Å². The summed E-state index contributed by atoms with van der Waals surface area (Å²) in [5.74, 6) is 0.994. The molecule has 26 heavy (non-hydrogen) atoms. The third kappa shape index (κ3) is 4.66. The van der Waals surface area contributed by atoms with Gasteiger partial charge in [-0.3, -0.25) is 4.79 Å². The Hall–Kier alpha value is -1.83. The maximum Gasteiger partial charge on any atom is 0.234 e. The Bertz CT molecular complexity index is 864. The number of rotatable bonds is 8. The molecule has 0 fully saturated rings. The van der Waals surface area contributed by atoms with Crippen LogP contribution in [0.1, 0.15) is 19.8 Å². The Morgan fingerprint density at radius 3 is 2.85 bits per heavy atom. The molecule has 5 nitrogen and oxygen atoms in total. The summed E-state index contributed by atoms with van der Waals surface area (Å²) in [6.07, 6.45) is 2.12. The van der Waals surface area contributed by atoms with Crippen LogP contribution in [0.5, 0.6) is 0 Å². The van der Waals surface area contributed by atoms with Crippen molar-refractivity contribution < 1.29 is 4.79 Å². The van der Waals surface area contributed by atoms with Gasteiger partial charge in [0.1, 0.15) is 0 Å². The predicted octanol–water partition coefficient (Wildman–Crippen LogP) is 5.19. The highest BCUT2D eigenvalue weighted by Crippen LogP contribution is 2.28. The molecule has 0 radical (unpaired) electrons. The van der Waals surface area contributed by atoms with Crippen LogP contribution in [0, 0.1) is 0 Å². The Morgan fingerprint density at radius 1 is 1.27 bits per heavy atom. The van der Waals surface area contributed by atoms with Crippen molar-refractivity contribution >= 4 is 46.3 Å². The van der Waals surface area contributed by atoms with E-state index in [-0.39, 0.29) is 11.7 Å². The second kappa shape index (κ2) is 9.21. The van der Waals surface area contributed by atoms with E-state index in [4.69, 9.17) is 11.6 Å². The minimum atomic E-state index is -0.120. The summed E-state index contributed by atoms with van der Waals surface area (Å²) in [5, 5.41) is 14.8. The molecular formula is C18H19ClN4OS2. The summed E-state index contributed by atoms with van der Waals surface area (Å²) < 4.78 is 2.10. The van der Waals surface area contributed by atoms with Crippen LogP contribution in [0.2, 0.25) is 5.02 Å². The van der Waals surface area contributed by atoms with E-state index >= 15 is 0 Å². The molecule has 2 aromatic heterocycles. The van der Waals surface area contributed by atoms with Gasteiger partial charge in [0.25, 0.3) is 0 Å². The SMILES string of the molecule is CCCCn1c(SCC(=O)Nc2ccccc2Cl)nnc1-c1cccs1. The number of nitrogens with one attached hydrogen (secondary N) is 1. The van der Waals surface area contributed by atoms with E-state index in [2.05, 4.69) is 27.0 Å². The van der Waals surface area contributed by atoms with Crippen LogP contribution in [0.3, 0.4) is 0 Å². The average molecular weight is 407 g/mol. The van der Waals surface area contributed by atoms with Crippen LogP contribution in [-0.4, -0.2) is 26.4 Å². The second-order valence-corrected chi connectivity index (χ2v) is 7.90. The van der Waals surface area contributed by atoms with Crippen molar-refractivity contribution in [2.45, 2.75) is 31.5 Å². The first kappa shape index (κ1) is 18.9. The lowest BCUT2D eigenvalue weighted by Gasteiger charge is -2.09. The van der Waals surface area contributed by atoms with Crippen LogP contribution >= 0.6 is 34.7 Å². The zero-order valence-corrected chi connectivity index (χ0v) is 16.7. The Kier molecular flexibility index (Phi) is 6.71. The molecule has 0 saturated heterocycles. The third-order valence-corrected chi connectivity index (χ3v) is 5.84. The number of nitrogens with zero attached hydrogens (tertiary/aromatic N) is 3. The second-order valence-electron chi connectivity index (χ2n) is 5.61. The summed E-state index contributed by atoms with van der Waals surface area (Å²) in [6.45, 7) is 2.99. The molecule has 1 N–H and O–H groups in total. The first-order valence-corrected chi connectivity index (χ1v) is 10.6. The van der Waals surface area contributed by atoms with Crippen molar-refractivity contribution in [1.29, 1.82) is 0 Å². The molecule has 0 atom stereocenters. The molecule has 136 valence electrons. The molecule has 2 heterocycles. The number of aromatic nitrogens is 3. The molecule has 0 spiro atoms. The number of anilines is 1. The fourth-order valence-corrected chi connectivity index (χ4v) is 4.05. The Morgan fingerprint density at radius 2 is 2.12 bits per heavy atom. The van der Waals surface area contributed by atoms with Crippen molar-refractivity contribution in [2.75, 3.05) is 11.1 Å². The first-order chi connectivity index (χ1) is 12.7. The Balaban J connectivity index is 1.69. The van der Waals surface area contributed by atoms with Crippen LogP contribution in [0.15, 0.2) is 46.9 Å². The molecular weight excluding hydrogens is 388 g/mol. The van der Waals surface area contributed by atoms with E-state index in [0.717, 1.165) is 35.2 Å². The molecule has 0 bridgehead atoms. The summed E-state index contributed by atoms with van der Waals surface area (Å²) in [6, 6.07) is 11.2. The van der Waals surface area contributed by atoms with Crippen LogP contribution < -0.4 is 5.32 Å². The zero-order valence-electron chi connectivity index (χ0n) is 14.3. The number of carbonyl (C=O) groups excluding carboxylic acids is 1. The molecule has 0 saturated carbocycles. The van der Waals surface area contributed by atoms with Gasteiger partial charge in [-0.25, -0.2) is 0 Å². The van der Waals surface area contributed by atoms with Crippen LogP contribution in [-0.2, 0) is 11.3 Å². The number of halogens is 1. The number of amides is 1. The molecule has 0 aliphatic carbocycles. The third-order valence-electron chi connectivity index (χ3n) is 3.67. The highest BCUT2D eigenvalue weighted by atomic mass is 35.5. The maximum absolute atomic E-state index is 12.3. The van der Waals surface area contributed by atoms with Gasteiger partial charge < -0.3 is 9.88 Å². The predicted molar refractivity (Wildman–Crippen MR) is 109 cm³/mol. The topological polar surface area (TPSA) is 59.8 Å². The van der Waals surface area contributed by atoms with E-state index in [1.165, 1.54) is 11.8 Å². The number of carbonyl (C=O) groups is 1. The zero-order chi connectivity index (χ0) is 18.4. The fourth-order valence-electron chi connectivity index (χ4n) is 2.38. The van der Waals surface area contributed by atoms with Crippen molar-refractivity contribution in [3.63, 3.8) is 0 Å². The van der Waals surface area contributed by atoms with Gasteiger partial charge in [0, 0.05) is 6.54 Å². The van der Waals surface area contributed by atoms with Gasteiger partial charge in [-0.1, -0.05) is 54.9 Å². The summed E-state index contributed by atoms with van der Waals surface area (Å²) >= 11 is 9.11. The monoisotopic (exact) mass is 406 g/mol. The minimum absolute atomic E-state index is 0.120. The largest absolute Gasteiger partial charge is 0.324 e. The van der Waals surface area contributed by atoms with Gasteiger partial charge in [-0.15, -0.1) is 21.5 Å². The van der Waals surface area contributed by atoms with E-state index in [1.54, 1.807) is 23.5 Å². The van der Waals surface area contributed by atoms with Gasteiger partial charge >= 0.3 is 0 Å². The fraction of sp³-hybridized carbons (Fsp3) is 0.278. The van der Waals surface area contributed by atoms with Gasteiger partial charge in [-0.05, 0) is 30.0 Å². The van der Waals surface area contributed by atoms with E-state index in [0.29, 0.717) is 10.7 Å². The molecule has 0 aliphatic heterocycles. The first-order valence-electron chi connectivity index (χ1n) is 8.33. The van der Waals surface area contributed by atoms with Crippen LogP contribution in [0.4, 0.5) is 5.69 Å². The lowest BCUT2D eigenvalue weighted by molar-refractivity contribution is -0.113. The smallest absolute Gasteiger partial charge is 0.234 e. The van der Waals surface area contributed by atoms with Gasteiger partial charge in [0.05, 0.1) is 21.3 Å². The number of thioether (sulfide) groups is 1. The average Bonchev–Trinajstić information content (AvgIpc) is 3.29. The highest BCUT2D eigenvalue weighted by molar-refractivity contribution is 7.99. The van der Waals surface area contributed by atoms with E-state index in [1.807, 2.05) is 29.6 Å². The molecule has 8 heteroatoms. The van der Waals surface area contributed by atoms with Gasteiger partial charge in [-0.2, -0.15) is 0 Å². The maximum atomic E-state index is 12.3. The van der Waals surface area contributed by atoms with Crippen molar-refractivity contribution in [2.24, 2.45) is 0 Å². The number of benzene rings is 1. The van der Waals surface area contributed by atoms with Crippen molar-refractivity contribution in [3.05, 3.63) is 46.8 Å². The summed E-state index contributed by atoms with van der Waals surface area (Å²) in [4.78, 5) is 13.3. The molecule has 3 rings (SSSR count). The number of para-hydroxylation sites is 1. The normalized spacial score (nSPS) is 10.8. The standard InChI is InChI=1S/C18H19ClN4OS2/c1-2-3-10-23-17(15-9-6-11-25-15)21-22-18(23)26-12-16(24)20-14-8-5-4-7-13(14)19/h4-9,11H,2-3,10,12H2,1H3,(H,20,24). The molecule has 3 aromatic rings. The number of thiophene rings is 1. The highest BCUT2D eigenvalue weighted by Gasteiger charge is 2.16. The van der Waals surface area contributed by atoms with Gasteiger partial charge in [0.15, 0.2) is 11.0 Å². The summed E-state index contributed by atoms with van der Waals surface area (Å²) in [7, 11) is 0. The quantitative estimate of drug-likeness (QED) is 0.523. The summed E-state index contributed by atoms with van der Waals surface area (Å²) in [5.41, 5.74) is 0.617. The molecule has 0 unspecified atom stereocenters. The van der Waals surface area contributed by atoms with Crippen molar-refractivity contribution in [1.82, 2.24) is 14.8 Å².